The Bertz CT molecular complexity index is 955. The highest BCUT2D eigenvalue weighted by Gasteiger charge is 2.20. The number of rotatable bonds is 8. The summed E-state index contributed by atoms with van der Waals surface area (Å²) in [4.78, 5) is 7.19. The van der Waals surface area contributed by atoms with Crippen LogP contribution in [0.3, 0.4) is 0 Å². The minimum absolute atomic E-state index is 0.370. The third kappa shape index (κ3) is 7.88. The average Bonchev–Trinajstić information content (AvgIpc) is 2.74. The molecule has 3 rings (SSSR count). The van der Waals surface area contributed by atoms with E-state index in [1.165, 1.54) is 5.56 Å². The molecule has 0 bridgehead atoms. The third-order valence-electron chi connectivity index (χ3n) is 5.24. The predicted molar refractivity (Wildman–Crippen MR) is 128 cm³/mol. The van der Waals surface area contributed by atoms with E-state index >= 15 is 0 Å². The van der Waals surface area contributed by atoms with E-state index in [0.717, 1.165) is 56.8 Å². The summed E-state index contributed by atoms with van der Waals surface area (Å²) in [6, 6.07) is 18.3. The van der Waals surface area contributed by atoms with Crippen LogP contribution in [0.25, 0.3) is 0 Å². The van der Waals surface area contributed by atoms with Gasteiger partial charge in [0, 0.05) is 32.2 Å². The molecular weight excluding hydrogens is 410 g/mol. The van der Waals surface area contributed by atoms with Gasteiger partial charge in [0.1, 0.15) is 0 Å². The lowest BCUT2D eigenvalue weighted by Gasteiger charge is -2.33. The first-order valence-corrected chi connectivity index (χ1v) is 12.7. The van der Waals surface area contributed by atoms with Crippen LogP contribution in [-0.4, -0.2) is 51.2 Å². The lowest BCUT2D eigenvalue weighted by atomic mass is 10.0. The molecule has 0 unspecified atom stereocenters. The van der Waals surface area contributed by atoms with Gasteiger partial charge in [-0.1, -0.05) is 48.5 Å². The molecule has 2 aromatic rings. The summed E-state index contributed by atoms with van der Waals surface area (Å²) in [6.45, 7) is 6.29. The molecule has 0 amide bonds. The maximum Gasteiger partial charge on any atom is 0.229 e. The fourth-order valence-corrected chi connectivity index (χ4v) is 4.31. The van der Waals surface area contributed by atoms with Crippen molar-refractivity contribution in [1.29, 1.82) is 0 Å². The third-order valence-corrected chi connectivity index (χ3v) is 5.83. The van der Waals surface area contributed by atoms with E-state index in [9.17, 15) is 8.42 Å². The van der Waals surface area contributed by atoms with Crippen LogP contribution >= 0.6 is 0 Å². The van der Waals surface area contributed by atoms with Crippen LogP contribution in [0.15, 0.2) is 59.6 Å². The highest BCUT2D eigenvalue weighted by molar-refractivity contribution is 7.92. The summed E-state index contributed by atoms with van der Waals surface area (Å²) in [5.41, 5.74) is 2.76. The van der Waals surface area contributed by atoms with Crippen LogP contribution in [0.2, 0.25) is 0 Å². The SMILES string of the molecule is CCNC(=NCc1ccccc1NS(C)(=O)=O)NC1CCN(Cc2ccccc2)CC1. The molecular formula is C23H33N5O2S. The number of nitrogens with one attached hydrogen (secondary N) is 3. The van der Waals surface area contributed by atoms with Gasteiger partial charge >= 0.3 is 0 Å². The number of sulfonamides is 1. The zero-order valence-electron chi connectivity index (χ0n) is 18.3. The lowest BCUT2D eigenvalue weighted by Crippen LogP contribution is -2.48. The van der Waals surface area contributed by atoms with Gasteiger partial charge in [0.15, 0.2) is 5.96 Å². The highest BCUT2D eigenvalue weighted by Crippen LogP contribution is 2.18. The van der Waals surface area contributed by atoms with E-state index in [1.807, 2.05) is 25.1 Å². The van der Waals surface area contributed by atoms with Gasteiger partial charge in [-0.2, -0.15) is 0 Å². The normalized spacial score (nSPS) is 16.1. The van der Waals surface area contributed by atoms with E-state index in [2.05, 4.69) is 50.6 Å². The van der Waals surface area contributed by atoms with Crippen LogP contribution < -0.4 is 15.4 Å². The average molecular weight is 444 g/mol. The Hall–Kier alpha value is -2.58. The van der Waals surface area contributed by atoms with Gasteiger partial charge in [-0.05, 0) is 37.0 Å². The summed E-state index contributed by atoms with van der Waals surface area (Å²) >= 11 is 0. The summed E-state index contributed by atoms with van der Waals surface area (Å²) in [6.07, 6.45) is 3.27. The van der Waals surface area contributed by atoms with Crippen molar-refractivity contribution in [2.45, 2.75) is 38.9 Å². The number of hydrogen-bond donors (Lipinski definition) is 3. The van der Waals surface area contributed by atoms with E-state index in [-0.39, 0.29) is 0 Å². The van der Waals surface area contributed by atoms with Gasteiger partial charge in [-0.15, -0.1) is 0 Å². The first-order chi connectivity index (χ1) is 14.9. The Balaban J connectivity index is 1.56. The number of para-hydroxylation sites is 1. The maximum absolute atomic E-state index is 11.6. The smallest absolute Gasteiger partial charge is 0.229 e. The first-order valence-electron chi connectivity index (χ1n) is 10.8. The van der Waals surface area contributed by atoms with Gasteiger partial charge in [0.25, 0.3) is 0 Å². The molecule has 0 atom stereocenters. The molecule has 1 aliphatic rings. The molecule has 31 heavy (non-hydrogen) atoms. The Morgan fingerprint density at radius 2 is 1.74 bits per heavy atom. The standard InChI is InChI=1S/C23H33N5O2S/c1-3-24-23(25-17-20-11-7-8-12-22(20)27-31(2,29)30)26-21-13-15-28(16-14-21)18-19-9-5-4-6-10-19/h4-12,21,27H,3,13-18H2,1-2H3,(H2,24,25,26). The zero-order chi connectivity index (χ0) is 22.1. The molecule has 0 aliphatic carbocycles. The molecule has 7 nitrogen and oxygen atoms in total. The molecule has 0 aromatic heterocycles. The fraction of sp³-hybridized carbons (Fsp3) is 0.435. The molecule has 1 heterocycles. The number of benzene rings is 2. The first kappa shape index (κ1) is 23.1. The van der Waals surface area contributed by atoms with Crippen molar-refractivity contribution in [2.75, 3.05) is 30.6 Å². The van der Waals surface area contributed by atoms with E-state index in [0.29, 0.717) is 18.3 Å². The Morgan fingerprint density at radius 3 is 2.42 bits per heavy atom. The molecule has 168 valence electrons. The molecule has 0 spiro atoms. The van der Waals surface area contributed by atoms with Crippen LogP contribution in [0.4, 0.5) is 5.69 Å². The zero-order valence-corrected chi connectivity index (χ0v) is 19.2. The van der Waals surface area contributed by atoms with Gasteiger partial charge in [-0.25, -0.2) is 13.4 Å². The van der Waals surface area contributed by atoms with Gasteiger partial charge in [0.05, 0.1) is 18.5 Å². The minimum atomic E-state index is -3.33. The van der Waals surface area contributed by atoms with Crippen molar-refractivity contribution in [3.8, 4) is 0 Å². The number of anilines is 1. The maximum atomic E-state index is 11.6. The molecule has 0 saturated carbocycles. The van der Waals surface area contributed by atoms with Gasteiger partial charge in [-0.3, -0.25) is 9.62 Å². The Kier molecular flexibility index (Phi) is 8.31. The molecule has 1 fully saturated rings. The molecule has 0 radical (unpaired) electrons. The Labute approximate surface area is 186 Å². The highest BCUT2D eigenvalue weighted by atomic mass is 32.2. The number of likely N-dealkylation sites (tertiary alicyclic amines) is 1. The van der Waals surface area contributed by atoms with Crippen molar-refractivity contribution in [1.82, 2.24) is 15.5 Å². The summed E-state index contributed by atoms with van der Waals surface area (Å²) in [5.74, 6) is 0.762. The van der Waals surface area contributed by atoms with Crippen LogP contribution in [0.1, 0.15) is 30.9 Å². The summed E-state index contributed by atoms with van der Waals surface area (Å²) in [7, 11) is -3.33. The van der Waals surface area contributed by atoms with Crippen molar-refractivity contribution in [3.05, 3.63) is 65.7 Å². The summed E-state index contributed by atoms with van der Waals surface area (Å²) in [5, 5.41) is 6.86. The van der Waals surface area contributed by atoms with Crippen LogP contribution in [-0.2, 0) is 23.1 Å². The van der Waals surface area contributed by atoms with E-state index in [4.69, 9.17) is 4.99 Å². The second-order valence-corrected chi connectivity index (χ2v) is 9.66. The number of guanidine groups is 1. The quantitative estimate of drug-likeness (QED) is 0.432. The van der Waals surface area contributed by atoms with Crippen molar-refractivity contribution in [2.24, 2.45) is 4.99 Å². The minimum Gasteiger partial charge on any atom is -0.357 e. The second-order valence-electron chi connectivity index (χ2n) is 7.91. The van der Waals surface area contributed by atoms with Crippen molar-refractivity contribution in [3.63, 3.8) is 0 Å². The monoisotopic (exact) mass is 443 g/mol. The van der Waals surface area contributed by atoms with Gasteiger partial charge in [0.2, 0.25) is 10.0 Å². The van der Waals surface area contributed by atoms with E-state index < -0.39 is 10.0 Å². The molecule has 3 N–H and O–H groups in total. The van der Waals surface area contributed by atoms with E-state index in [1.54, 1.807) is 6.07 Å². The van der Waals surface area contributed by atoms with Crippen LogP contribution in [0, 0.1) is 0 Å². The topological polar surface area (TPSA) is 85.8 Å². The Morgan fingerprint density at radius 1 is 1.06 bits per heavy atom. The molecule has 1 saturated heterocycles. The number of hydrogen-bond acceptors (Lipinski definition) is 4. The predicted octanol–water partition coefficient (Wildman–Crippen LogP) is 2.78. The fourth-order valence-electron chi connectivity index (χ4n) is 3.71. The largest absolute Gasteiger partial charge is 0.357 e. The second kappa shape index (κ2) is 11.2. The molecule has 2 aromatic carbocycles. The van der Waals surface area contributed by atoms with Crippen molar-refractivity contribution < 1.29 is 8.42 Å². The number of nitrogens with zero attached hydrogens (tertiary/aromatic N) is 2. The van der Waals surface area contributed by atoms with Gasteiger partial charge < -0.3 is 10.6 Å². The van der Waals surface area contributed by atoms with Crippen LogP contribution in [0.5, 0.6) is 0 Å². The number of aliphatic imine (C=N–C) groups is 1. The molecule has 1 aliphatic heterocycles. The molecule has 8 heteroatoms. The van der Waals surface area contributed by atoms with Crippen molar-refractivity contribution >= 4 is 21.7 Å². The lowest BCUT2D eigenvalue weighted by molar-refractivity contribution is 0.198. The number of piperidine rings is 1. The summed E-state index contributed by atoms with van der Waals surface area (Å²) < 4.78 is 25.8.